The lowest BCUT2D eigenvalue weighted by molar-refractivity contribution is -0.143. The summed E-state index contributed by atoms with van der Waals surface area (Å²) in [5, 5.41) is 11.3. The van der Waals surface area contributed by atoms with E-state index in [4.69, 9.17) is 0 Å². The second-order valence-electron chi connectivity index (χ2n) is 5.95. The number of alkyl halides is 6. The molecule has 29 heavy (non-hydrogen) atoms. The standard InChI is InChI=1S/C18H12BrF6NO3/c19-13-4-2-1-3-9(13)7-14(16(28)29)26-15(27)10-5-11(17(20,21)22)8-12(6-10)18(23,24)25/h1-6,8,14H,7H2,(H,26,27)(H,28,29)/t14-/m0/s1. The normalized spacial score (nSPS) is 13.1. The fourth-order valence-corrected chi connectivity index (χ4v) is 2.86. The molecule has 11 heteroatoms. The Morgan fingerprint density at radius 2 is 1.48 bits per heavy atom. The molecule has 0 aliphatic rings. The van der Waals surface area contributed by atoms with Crippen LogP contribution in [0.4, 0.5) is 26.3 Å². The molecule has 0 heterocycles. The summed E-state index contributed by atoms with van der Waals surface area (Å²) in [6.07, 6.45) is -10.5. The van der Waals surface area contributed by atoms with Crippen molar-refractivity contribution in [1.82, 2.24) is 5.32 Å². The Balaban J connectivity index is 2.36. The minimum Gasteiger partial charge on any atom is -0.480 e. The highest BCUT2D eigenvalue weighted by atomic mass is 79.9. The third kappa shape index (κ3) is 5.96. The molecule has 0 radical (unpaired) electrons. The molecule has 2 rings (SSSR count). The van der Waals surface area contributed by atoms with E-state index >= 15 is 0 Å². The van der Waals surface area contributed by atoms with Gasteiger partial charge >= 0.3 is 18.3 Å². The number of carbonyl (C=O) groups is 2. The van der Waals surface area contributed by atoms with Crippen molar-refractivity contribution >= 4 is 27.8 Å². The summed E-state index contributed by atoms with van der Waals surface area (Å²) in [6, 6.07) is 5.20. The quantitative estimate of drug-likeness (QED) is 0.593. The Morgan fingerprint density at radius 1 is 0.966 bits per heavy atom. The molecule has 4 nitrogen and oxygen atoms in total. The van der Waals surface area contributed by atoms with Crippen LogP contribution >= 0.6 is 15.9 Å². The fourth-order valence-electron chi connectivity index (χ4n) is 2.41. The van der Waals surface area contributed by atoms with Gasteiger partial charge in [-0.2, -0.15) is 26.3 Å². The van der Waals surface area contributed by atoms with Gasteiger partial charge in [-0.05, 0) is 29.8 Å². The van der Waals surface area contributed by atoms with Gasteiger partial charge in [0.15, 0.2) is 0 Å². The third-order valence-corrected chi connectivity index (χ3v) is 4.61. The molecule has 1 amide bonds. The Bertz CT molecular complexity index is 894. The van der Waals surface area contributed by atoms with E-state index in [1.54, 1.807) is 24.3 Å². The molecule has 0 fully saturated rings. The molecule has 0 aliphatic carbocycles. The number of nitrogens with one attached hydrogen (secondary N) is 1. The monoisotopic (exact) mass is 483 g/mol. The van der Waals surface area contributed by atoms with Crippen LogP contribution in [0.15, 0.2) is 46.9 Å². The van der Waals surface area contributed by atoms with E-state index in [1.165, 1.54) is 0 Å². The van der Waals surface area contributed by atoms with E-state index in [0.29, 0.717) is 10.0 Å². The van der Waals surface area contributed by atoms with Gasteiger partial charge in [0.1, 0.15) is 6.04 Å². The predicted molar refractivity (Wildman–Crippen MR) is 93.2 cm³/mol. The molecular formula is C18H12BrF6NO3. The SMILES string of the molecule is O=C(N[C@@H](Cc1ccccc1Br)C(=O)O)c1cc(C(F)(F)F)cc(C(F)(F)F)c1. The van der Waals surface area contributed by atoms with Gasteiger partial charge < -0.3 is 10.4 Å². The maximum Gasteiger partial charge on any atom is 0.416 e. The van der Waals surface area contributed by atoms with Crippen molar-refractivity contribution in [2.24, 2.45) is 0 Å². The highest BCUT2D eigenvalue weighted by molar-refractivity contribution is 9.10. The molecule has 2 aromatic carbocycles. The second kappa shape index (κ2) is 8.44. The zero-order valence-electron chi connectivity index (χ0n) is 14.2. The van der Waals surface area contributed by atoms with Crippen molar-refractivity contribution in [1.29, 1.82) is 0 Å². The van der Waals surface area contributed by atoms with Crippen molar-refractivity contribution < 1.29 is 41.0 Å². The molecule has 0 saturated carbocycles. The second-order valence-corrected chi connectivity index (χ2v) is 6.81. The highest BCUT2D eigenvalue weighted by Crippen LogP contribution is 2.36. The van der Waals surface area contributed by atoms with E-state index in [2.05, 4.69) is 15.9 Å². The summed E-state index contributed by atoms with van der Waals surface area (Å²) >= 11 is 3.19. The van der Waals surface area contributed by atoms with Gasteiger partial charge in [-0.25, -0.2) is 4.79 Å². The van der Waals surface area contributed by atoms with Crippen molar-refractivity contribution in [2.45, 2.75) is 24.8 Å². The Labute approximate surface area is 168 Å². The van der Waals surface area contributed by atoms with Crippen molar-refractivity contribution in [3.63, 3.8) is 0 Å². The first-order valence-corrected chi connectivity index (χ1v) is 8.65. The lowest BCUT2D eigenvalue weighted by atomic mass is 10.0. The van der Waals surface area contributed by atoms with Gasteiger partial charge in [0.2, 0.25) is 0 Å². The maximum atomic E-state index is 12.9. The fraction of sp³-hybridized carbons (Fsp3) is 0.222. The van der Waals surface area contributed by atoms with Gasteiger partial charge in [-0.1, -0.05) is 34.1 Å². The van der Waals surface area contributed by atoms with Crippen LogP contribution in [0.3, 0.4) is 0 Å². The van der Waals surface area contributed by atoms with E-state index in [1.807, 2.05) is 5.32 Å². The largest absolute Gasteiger partial charge is 0.480 e. The zero-order valence-corrected chi connectivity index (χ0v) is 15.8. The van der Waals surface area contributed by atoms with Gasteiger partial charge in [-0.3, -0.25) is 4.79 Å². The summed E-state index contributed by atoms with van der Waals surface area (Å²) in [5.74, 6) is -2.88. The lowest BCUT2D eigenvalue weighted by Crippen LogP contribution is -2.42. The van der Waals surface area contributed by atoms with E-state index in [-0.39, 0.29) is 24.6 Å². The van der Waals surface area contributed by atoms with Gasteiger partial charge in [-0.15, -0.1) is 0 Å². The number of aliphatic carboxylic acids is 1. The molecule has 156 valence electrons. The predicted octanol–water partition coefficient (Wildman–Crippen LogP) is 4.91. The van der Waals surface area contributed by atoms with E-state index in [0.717, 1.165) is 0 Å². The molecule has 0 spiro atoms. The minimum absolute atomic E-state index is 0.119. The first-order chi connectivity index (χ1) is 13.3. The minimum atomic E-state index is -5.13. The summed E-state index contributed by atoms with van der Waals surface area (Å²) < 4.78 is 78.1. The zero-order chi connectivity index (χ0) is 22.0. The molecule has 0 saturated heterocycles. The topological polar surface area (TPSA) is 66.4 Å². The van der Waals surface area contributed by atoms with E-state index < -0.39 is 47.0 Å². The molecule has 0 bridgehead atoms. The van der Waals surface area contributed by atoms with Crippen LogP contribution in [0.25, 0.3) is 0 Å². The number of carbonyl (C=O) groups excluding carboxylic acids is 1. The van der Waals surface area contributed by atoms with Crippen molar-refractivity contribution in [3.8, 4) is 0 Å². The van der Waals surface area contributed by atoms with Crippen LogP contribution in [0, 0.1) is 0 Å². The number of carboxylic acids is 1. The highest BCUT2D eigenvalue weighted by Gasteiger charge is 2.37. The Morgan fingerprint density at radius 3 is 1.93 bits per heavy atom. The number of carboxylic acid groups (broad SMARTS) is 1. The van der Waals surface area contributed by atoms with Gasteiger partial charge in [0, 0.05) is 16.5 Å². The summed E-state index contributed by atoms with van der Waals surface area (Å²) in [5.41, 5.74) is -3.82. The van der Waals surface area contributed by atoms with Crippen LogP contribution in [0.1, 0.15) is 27.0 Å². The molecule has 2 aromatic rings. The molecule has 0 unspecified atom stereocenters. The molecular weight excluding hydrogens is 472 g/mol. The Hall–Kier alpha value is -2.56. The molecule has 1 atom stereocenters. The number of rotatable bonds is 5. The lowest BCUT2D eigenvalue weighted by Gasteiger charge is -2.17. The van der Waals surface area contributed by atoms with Crippen LogP contribution in [-0.4, -0.2) is 23.0 Å². The number of halogens is 7. The number of amides is 1. The first-order valence-electron chi connectivity index (χ1n) is 7.85. The van der Waals surface area contributed by atoms with Crippen LogP contribution < -0.4 is 5.32 Å². The van der Waals surface area contributed by atoms with Crippen molar-refractivity contribution in [3.05, 3.63) is 69.2 Å². The third-order valence-electron chi connectivity index (χ3n) is 3.84. The maximum absolute atomic E-state index is 12.9. The first kappa shape index (κ1) is 22.7. The number of benzene rings is 2. The van der Waals surface area contributed by atoms with Gasteiger partial charge in [0.25, 0.3) is 5.91 Å². The summed E-state index contributed by atoms with van der Waals surface area (Å²) in [4.78, 5) is 23.7. The smallest absolute Gasteiger partial charge is 0.416 e. The molecule has 0 aliphatic heterocycles. The summed E-state index contributed by atoms with van der Waals surface area (Å²) in [6.45, 7) is 0. The van der Waals surface area contributed by atoms with Crippen LogP contribution in [0.5, 0.6) is 0 Å². The van der Waals surface area contributed by atoms with E-state index in [9.17, 15) is 41.0 Å². The van der Waals surface area contributed by atoms with Crippen LogP contribution in [0.2, 0.25) is 0 Å². The average Bonchev–Trinajstić information content (AvgIpc) is 2.60. The number of hydrogen-bond donors (Lipinski definition) is 2. The Kier molecular flexibility index (Phi) is 6.61. The number of hydrogen-bond acceptors (Lipinski definition) is 2. The van der Waals surface area contributed by atoms with Gasteiger partial charge in [0.05, 0.1) is 11.1 Å². The van der Waals surface area contributed by atoms with Crippen molar-refractivity contribution in [2.75, 3.05) is 0 Å². The summed E-state index contributed by atoms with van der Waals surface area (Å²) in [7, 11) is 0. The van der Waals surface area contributed by atoms with Crippen LogP contribution in [-0.2, 0) is 23.6 Å². The average molecular weight is 484 g/mol. The molecule has 0 aromatic heterocycles. The molecule has 2 N–H and O–H groups in total.